The number of fused-ring (bicyclic) bond motifs is 1. The van der Waals surface area contributed by atoms with Gasteiger partial charge in [0.15, 0.2) is 0 Å². The number of rotatable bonds is 5. The van der Waals surface area contributed by atoms with E-state index in [4.69, 9.17) is 0 Å². The Morgan fingerprint density at radius 1 is 1.09 bits per heavy atom. The van der Waals surface area contributed by atoms with Gasteiger partial charge in [-0.25, -0.2) is 0 Å². The van der Waals surface area contributed by atoms with Crippen LogP contribution in [0.2, 0.25) is 0 Å². The second-order valence-corrected chi connectivity index (χ2v) is 6.24. The summed E-state index contributed by atoms with van der Waals surface area (Å²) in [7, 11) is 0. The van der Waals surface area contributed by atoms with Crippen molar-refractivity contribution in [2.75, 3.05) is 13.1 Å². The number of nitrogens with one attached hydrogen (secondary N) is 1. The standard InChI is InChI=1S/C20H24N2O/c1-16(17-7-3-2-4-8-17)21-20(23)12-14-22-13-11-18-9-5-6-10-19(18)15-22/h2-10,16H,11-15H2,1H3,(H,21,23). The second-order valence-electron chi connectivity index (χ2n) is 6.24. The molecule has 2 aromatic carbocycles. The Bertz CT molecular complexity index is 654. The number of nitrogens with zero attached hydrogens (tertiary/aromatic N) is 1. The molecule has 120 valence electrons. The molecular formula is C20H24N2O. The van der Waals surface area contributed by atoms with Gasteiger partial charge in [0.2, 0.25) is 5.91 Å². The quantitative estimate of drug-likeness (QED) is 0.919. The van der Waals surface area contributed by atoms with E-state index in [1.165, 1.54) is 11.1 Å². The van der Waals surface area contributed by atoms with Gasteiger partial charge in [0, 0.05) is 26.1 Å². The first-order valence-corrected chi connectivity index (χ1v) is 8.36. The van der Waals surface area contributed by atoms with Crippen molar-refractivity contribution in [3.63, 3.8) is 0 Å². The van der Waals surface area contributed by atoms with Crippen molar-refractivity contribution < 1.29 is 4.79 Å². The molecule has 0 aliphatic carbocycles. The number of hydrogen-bond donors (Lipinski definition) is 1. The third-order valence-corrected chi connectivity index (χ3v) is 4.54. The lowest BCUT2D eigenvalue weighted by Gasteiger charge is -2.28. The Balaban J connectivity index is 1.47. The Hall–Kier alpha value is -2.13. The van der Waals surface area contributed by atoms with Crippen LogP contribution >= 0.6 is 0 Å². The molecular weight excluding hydrogens is 284 g/mol. The van der Waals surface area contributed by atoms with E-state index in [-0.39, 0.29) is 11.9 Å². The van der Waals surface area contributed by atoms with E-state index in [0.29, 0.717) is 6.42 Å². The second kappa shape index (κ2) is 7.42. The molecule has 1 heterocycles. The van der Waals surface area contributed by atoms with Crippen LogP contribution in [0.3, 0.4) is 0 Å². The number of hydrogen-bond acceptors (Lipinski definition) is 2. The monoisotopic (exact) mass is 308 g/mol. The summed E-state index contributed by atoms with van der Waals surface area (Å²) >= 11 is 0. The van der Waals surface area contributed by atoms with Crippen molar-refractivity contribution in [2.45, 2.75) is 32.4 Å². The highest BCUT2D eigenvalue weighted by molar-refractivity contribution is 5.76. The largest absolute Gasteiger partial charge is 0.350 e. The highest BCUT2D eigenvalue weighted by atomic mass is 16.1. The summed E-state index contributed by atoms with van der Waals surface area (Å²) in [6, 6.07) is 18.8. The highest BCUT2D eigenvalue weighted by Crippen LogP contribution is 2.18. The van der Waals surface area contributed by atoms with E-state index in [1.54, 1.807) is 0 Å². The van der Waals surface area contributed by atoms with Gasteiger partial charge in [-0.05, 0) is 30.0 Å². The van der Waals surface area contributed by atoms with E-state index >= 15 is 0 Å². The molecule has 3 heteroatoms. The predicted octanol–water partition coefficient (Wildman–Crippen LogP) is 3.31. The molecule has 2 aromatic rings. The smallest absolute Gasteiger partial charge is 0.221 e. The van der Waals surface area contributed by atoms with Crippen LogP contribution in [0.1, 0.15) is 36.1 Å². The van der Waals surface area contributed by atoms with Gasteiger partial charge in [-0.15, -0.1) is 0 Å². The molecule has 0 fully saturated rings. The molecule has 1 N–H and O–H groups in total. The molecule has 0 spiro atoms. The molecule has 1 amide bonds. The van der Waals surface area contributed by atoms with Crippen LogP contribution in [0, 0.1) is 0 Å². The molecule has 0 saturated heterocycles. The fourth-order valence-corrected chi connectivity index (χ4v) is 3.14. The first-order valence-electron chi connectivity index (χ1n) is 8.36. The fraction of sp³-hybridized carbons (Fsp3) is 0.350. The molecule has 0 bridgehead atoms. The van der Waals surface area contributed by atoms with E-state index < -0.39 is 0 Å². The minimum atomic E-state index is 0.0609. The van der Waals surface area contributed by atoms with Crippen LogP contribution in [-0.4, -0.2) is 23.9 Å². The summed E-state index contributed by atoms with van der Waals surface area (Å²) in [5.74, 6) is 0.125. The maximum absolute atomic E-state index is 12.2. The summed E-state index contributed by atoms with van der Waals surface area (Å²) in [5, 5.41) is 3.09. The topological polar surface area (TPSA) is 32.3 Å². The lowest BCUT2D eigenvalue weighted by molar-refractivity contribution is -0.122. The average molecular weight is 308 g/mol. The lowest BCUT2D eigenvalue weighted by Crippen LogP contribution is -2.35. The van der Waals surface area contributed by atoms with Crippen LogP contribution in [-0.2, 0) is 17.8 Å². The van der Waals surface area contributed by atoms with Crippen molar-refractivity contribution in [1.82, 2.24) is 10.2 Å². The molecule has 1 atom stereocenters. The molecule has 1 aliphatic rings. The van der Waals surface area contributed by atoms with Crippen LogP contribution in [0.15, 0.2) is 54.6 Å². The zero-order valence-corrected chi connectivity index (χ0v) is 13.7. The summed E-state index contributed by atoms with van der Waals surface area (Å²) in [5.41, 5.74) is 4.00. The summed E-state index contributed by atoms with van der Waals surface area (Å²) in [4.78, 5) is 14.5. The minimum absolute atomic E-state index is 0.0609. The number of carbonyl (C=O) groups is 1. The number of carbonyl (C=O) groups excluding carboxylic acids is 1. The van der Waals surface area contributed by atoms with Gasteiger partial charge in [-0.1, -0.05) is 54.6 Å². The molecule has 23 heavy (non-hydrogen) atoms. The summed E-state index contributed by atoms with van der Waals surface area (Å²) in [6.07, 6.45) is 1.64. The van der Waals surface area contributed by atoms with Crippen molar-refractivity contribution in [3.8, 4) is 0 Å². The zero-order valence-electron chi connectivity index (χ0n) is 13.7. The Labute approximate surface area is 138 Å². The predicted molar refractivity (Wildman–Crippen MR) is 93.0 cm³/mol. The van der Waals surface area contributed by atoms with E-state index in [0.717, 1.165) is 31.6 Å². The fourth-order valence-electron chi connectivity index (χ4n) is 3.14. The molecule has 0 aromatic heterocycles. The third-order valence-electron chi connectivity index (χ3n) is 4.54. The number of amides is 1. The van der Waals surface area contributed by atoms with Gasteiger partial charge in [-0.3, -0.25) is 9.69 Å². The zero-order chi connectivity index (χ0) is 16.1. The molecule has 3 rings (SSSR count). The van der Waals surface area contributed by atoms with Gasteiger partial charge >= 0.3 is 0 Å². The first-order chi connectivity index (χ1) is 11.2. The van der Waals surface area contributed by atoms with Gasteiger partial charge < -0.3 is 5.32 Å². The van der Waals surface area contributed by atoms with Crippen LogP contribution in [0.25, 0.3) is 0 Å². The Kier molecular flexibility index (Phi) is 5.09. The minimum Gasteiger partial charge on any atom is -0.350 e. The normalized spacial score (nSPS) is 15.7. The van der Waals surface area contributed by atoms with Gasteiger partial charge in [-0.2, -0.15) is 0 Å². The van der Waals surface area contributed by atoms with Crippen molar-refractivity contribution in [2.24, 2.45) is 0 Å². The molecule has 1 aliphatic heterocycles. The maximum atomic E-state index is 12.2. The van der Waals surface area contributed by atoms with Crippen molar-refractivity contribution in [1.29, 1.82) is 0 Å². The third kappa shape index (κ3) is 4.20. The van der Waals surface area contributed by atoms with Crippen molar-refractivity contribution in [3.05, 3.63) is 71.3 Å². The summed E-state index contributed by atoms with van der Waals surface area (Å²) < 4.78 is 0. The Morgan fingerprint density at radius 2 is 1.78 bits per heavy atom. The molecule has 3 nitrogen and oxygen atoms in total. The van der Waals surface area contributed by atoms with E-state index in [9.17, 15) is 4.79 Å². The van der Waals surface area contributed by atoms with E-state index in [2.05, 4.69) is 34.5 Å². The Morgan fingerprint density at radius 3 is 2.57 bits per heavy atom. The van der Waals surface area contributed by atoms with Crippen LogP contribution in [0.5, 0.6) is 0 Å². The SMILES string of the molecule is CC(NC(=O)CCN1CCc2ccccc2C1)c1ccccc1. The molecule has 0 saturated carbocycles. The highest BCUT2D eigenvalue weighted by Gasteiger charge is 2.17. The average Bonchev–Trinajstić information content (AvgIpc) is 2.60. The van der Waals surface area contributed by atoms with Crippen LogP contribution < -0.4 is 5.32 Å². The van der Waals surface area contributed by atoms with E-state index in [1.807, 2.05) is 37.3 Å². The maximum Gasteiger partial charge on any atom is 0.221 e. The van der Waals surface area contributed by atoms with Crippen LogP contribution in [0.4, 0.5) is 0 Å². The van der Waals surface area contributed by atoms with Gasteiger partial charge in [0.25, 0.3) is 0 Å². The van der Waals surface area contributed by atoms with Gasteiger partial charge in [0.05, 0.1) is 6.04 Å². The van der Waals surface area contributed by atoms with Crippen molar-refractivity contribution >= 4 is 5.91 Å². The molecule has 0 radical (unpaired) electrons. The van der Waals surface area contributed by atoms with Gasteiger partial charge in [0.1, 0.15) is 0 Å². The lowest BCUT2D eigenvalue weighted by atomic mass is 10.00. The number of benzene rings is 2. The molecule has 1 unspecified atom stereocenters. The first kappa shape index (κ1) is 15.8. The summed E-state index contributed by atoms with van der Waals surface area (Å²) in [6.45, 7) is 4.85.